The van der Waals surface area contributed by atoms with Gasteiger partial charge in [0, 0.05) is 28.3 Å². The van der Waals surface area contributed by atoms with Gasteiger partial charge in [-0.1, -0.05) is 29.3 Å². The summed E-state index contributed by atoms with van der Waals surface area (Å²) in [5.41, 5.74) is 1.58. The summed E-state index contributed by atoms with van der Waals surface area (Å²) in [5, 5.41) is 3.79. The van der Waals surface area contributed by atoms with Gasteiger partial charge in [-0.3, -0.25) is 4.79 Å². The van der Waals surface area contributed by atoms with Gasteiger partial charge in [-0.2, -0.15) is 0 Å². The van der Waals surface area contributed by atoms with E-state index < -0.39 is 0 Å². The topological polar surface area (TPSA) is 66.0 Å². The van der Waals surface area contributed by atoms with Crippen LogP contribution in [0.4, 0.5) is 5.69 Å². The molecular formula is C24H23Cl2NO5. The van der Waals surface area contributed by atoms with Gasteiger partial charge in [-0.15, -0.1) is 0 Å². The number of methoxy groups -OCH3 is 2. The summed E-state index contributed by atoms with van der Waals surface area (Å²) < 4.78 is 22.1. The fraction of sp³-hybridized carbons (Fsp3) is 0.208. The van der Waals surface area contributed by atoms with Gasteiger partial charge in [-0.05, 0) is 43.3 Å². The highest BCUT2D eigenvalue weighted by atomic mass is 35.5. The minimum Gasteiger partial charge on any atom is -0.495 e. The van der Waals surface area contributed by atoms with E-state index >= 15 is 0 Å². The summed E-state index contributed by atoms with van der Waals surface area (Å²) in [4.78, 5) is 13.0. The highest BCUT2D eigenvalue weighted by Crippen LogP contribution is 2.36. The molecule has 3 aromatic rings. The van der Waals surface area contributed by atoms with Crippen LogP contribution in [0.15, 0.2) is 54.6 Å². The number of carbonyl (C=O) groups is 1. The average molecular weight is 476 g/mol. The molecule has 0 aromatic heterocycles. The molecule has 1 N–H and O–H groups in total. The third-order valence-electron chi connectivity index (χ3n) is 4.54. The quantitative estimate of drug-likeness (QED) is 0.396. The molecule has 0 unspecified atom stereocenters. The minimum atomic E-state index is -0.334. The second-order valence-corrected chi connectivity index (χ2v) is 7.49. The van der Waals surface area contributed by atoms with Crippen LogP contribution < -0.4 is 24.3 Å². The van der Waals surface area contributed by atoms with Crippen LogP contribution in [0, 0.1) is 0 Å². The Bertz CT molecular complexity index is 1100. The minimum absolute atomic E-state index is 0.203. The van der Waals surface area contributed by atoms with Gasteiger partial charge in [0.1, 0.15) is 29.6 Å². The SMILES string of the molecule is CCOc1ccc(C(=O)Nc2cc(OC)c(Cl)cc2OC)cc1COc1cccc(Cl)c1. The molecule has 0 aliphatic rings. The molecule has 0 bridgehead atoms. The summed E-state index contributed by atoms with van der Waals surface area (Å²) in [6, 6.07) is 15.4. The Labute approximate surface area is 197 Å². The highest BCUT2D eigenvalue weighted by Gasteiger charge is 2.16. The molecule has 0 spiro atoms. The maximum Gasteiger partial charge on any atom is 0.255 e. The molecule has 0 radical (unpaired) electrons. The number of rotatable bonds is 9. The molecule has 0 saturated carbocycles. The van der Waals surface area contributed by atoms with Gasteiger partial charge in [-0.25, -0.2) is 0 Å². The predicted molar refractivity (Wildman–Crippen MR) is 126 cm³/mol. The second kappa shape index (κ2) is 11.0. The Morgan fingerprint density at radius 1 is 0.906 bits per heavy atom. The first-order valence-electron chi connectivity index (χ1n) is 9.82. The van der Waals surface area contributed by atoms with Gasteiger partial charge in [0.15, 0.2) is 0 Å². The summed E-state index contributed by atoms with van der Waals surface area (Å²) in [5.74, 6) is 1.76. The monoisotopic (exact) mass is 475 g/mol. The molecule has 3 aromatic carbocycles. The van der Waals surface area contributed by atoms with E-state index in [9.17, 15) is 4.79 Å². The van der Waals surface area contributed by atoms with E-state index in [0.29, 0.717) is 50.9 Å². The van der Waals surface area contributed by atoms with Gasteiger partial charge >= 0.3 is 0 Å². The zero-order chi connectivity index (χ0) is 23.1. The average Bonchev–Trinajstić information content (AvgIpc) is 2.79. The summed E-state index contributed by atoms with van der Waals surface area (Å²) in [7, 11) is 2.99. The van der Waals surface area contributed by atoms with E-state index in [-0.39, 0.29) is 12.5 Å². The molecule has 0 aliphatic heterocycles. The van der Waals surface area contributed by atoms with Crippen LogP contribution in [0.5, 0.6) is 23.0 Å². The van der Waals surface area contributed by atoms with Crippen molar-refractivity contribution in [3.8, 4) is 23.0 Å². The second-order valence-electron chi connectivity index (χ2n) is 6.64. The molecule has 0 aliphatic carbocycles. The molecule has 8 heteroatoms. The van der Waals surface area contributed by atoms with E-state index in [1.54, 1.807) is 48.5 Å². The smallest absolute Gasteiger partial charge is 0.255 e. The van der Waals surface area contributed by atoms with Crippen molar-refractivity contribution in [1.29, 1.82) is 0 Å². The molecule has 3 rings (SSSR count). The lowest BCUT2D eigenvalue weighted by atomic mass is 10.1. The molecule has 0 atom stereocenters. The van der Waals surface area contributed by atoms with Gasteiger partial charge < -0.3 is 24.3 Å². The van der Waals surface area contributed by atoms with Crippen molar-refractivity contribution in [2.45, 2.75) is 13.5 Å². The molecule has 0 heterocycles. The predicted octanol–water partition coefficient (Wildman–Crippen LogP) is 6.24. The zero-order valence-corrected chi connectivity index (χ0v) is 19.4. The fourth-order valence-electron chi connectivity index (χ4n) is 3.00. The van der Waals surface area contributed by atoms with Crippen LogP contribution in [0.2, 0.25) is 10.0 Å². The van der Waals surface area contributed by atoms with Crippen LogP contribution in [0.25, 0.3) is 0 Å². The van der Waals surface area contributed by atoms with Gasteiger partial charge in [0.2, 0.25) is 0 Å². The Balaban J connectivity index is 1.84. The fourth-order valence-corrected chi connectivity index (χ4v) is 3.41. The maximum atomic E-state index is 13.0. The van der Waals surface area contributed by atoms with Crippen LogP contribution in [-0.4, -0.2) is 26.7 Å². The van der Waals surface area contributed by atoms with E-state index in [1.807, 2.05) is 13.0 Å². The number of anilines is 1. The Morgan fingerprint density at radius 3 is 2.38 bits per heavy atom. The normalized spacial score (nSPS) is 10.4. The van der Waals surface area contributed by atoms with Crippen LogP contribution >= 0.6 is 23.2 Å². The Kier molecular flexibility index (Phi) is 8.09. The first-order valence-corrected chi connectivity index (χ1v) is 10.6. The number of hydrogen-bond donors (Lipinski definition) is 1. The Morgan fingerprint density at radius 2 is 1.69 bits per heavy atom. The molecule has 32 heavy (non-hydrogen) atoms. The lowest BCUT2D eigenvalue weighted by Gasteiger charge is -2.15. The van der Waals surface area contributed by atoms with Crippen LogP contribution in [0.1, 0.15) is 22.8 Å². The number of halogens is 2. The highest BCUT2D eigenvalue weighted by molar-refractivity contribution is 6.32. The van der Waals surface area contributed by atoms with Crippen molar-refractivity contribution in [2.75, 3.05) is 26.1 Å². The summed E-state index contributed by atoms with van der Waals surface area (Å²) in [6.07, 6.45) is 0. The van der Waals surface area contributed by atoms with E-state index in [4.69, 9.17) is 42.1 Å². The van der Waals surface area contributed by atoms with Crippen molar-refractivity contribution in [2.24, 2.45) is 0 Å². The van der Waals surface area contributed by atoms with Gasteiger partial charge in [0.25, 0.3) is 5.91 Å². The van der Waals surface area contributed by atoms with Gasteiger partial charge in [0.05, 0.1) is 31.5 Å². The number of hydrogen-bond acceptors (Lipinski definition) is 5. The molecular weight excluding hydrogens is 453 g/mol. The van der Waals surface area contributed by atoms with E-state index in [0.717, 1.165) is 5.56 Å². The largest absolute Gasteiger partial charge is 0.495 e. The van der Waals surface area contributed by atoms with Crippen molar-refractivity contribution < 1.29 is 23.7 Å². The van der Waals surface area contributed by atoms with Crippen LogP contribution in [-0.2, 0) is 6.61 Å². The van der Waals surface area contributed by atoms with E-state index in [1.165, 1.54) is 14.2 Å². The molecule has 168 valence electrons. The summed E-state index contributed by atoms with van der Waals surface area (Å²) in [6.45, 7) is 2.58. The first-order chi connectivity index (χ1) is 15.4. The molecule has 0 fully saturated rings. The van der Waals surface area contributed by atoms with E-state index in [2.05, 4.69) is 5.32 Å². The number of amides is 1. The summed E-state index contributed by atoms with van der Waals surface area (Å²) >= 11 is 12.2. The van der Waals surface area contributed by atoms with Crippen molar-refractivity contribution in [3.05, 3.63) is 75.8 Å². The zero-order valence-electron chi connectivity index (χ0n) is 17.9. The van der Waals surface area contributed by atoms with Crippen molar-refractivity contribution in [1.82, 2.24) is 0 Å². The Hall–Kier alpha value is -3.09. The first kappa shape index (κ1) is 23.6. The van der Waals surface area contributed by atoms with Crippen LogP contribution in [0.3, 0.4) is 0 Å². The lowest BCUT2D eigenvalue weighted by molar-refractivity contribution is 0.102. The number of nitrogens with one attached hydrogen (secondary N) is 1. The number of benzene rings is 3. The number of ether oxygens (including phenoxy) is 4. The molecule has 6 nitrogen and oxygen atoms in total. The molecule has 1 amide bonds. The standard InChI is InChI=1S/C24H23Cl2NO5/c1-4-31-21-9-8-15(10-16(21)14-32-18-7-5-6-17(25)11-18)24(28)27-20-13-22(29-2)19(26)12-23(20)30-3/h5-13H,4,14H2,1-3H3,(H,27,28). The molecule has 0 saturated heterocycles. The lowest BCUT2D eigenvalue weighted by Crippen LogP contribution is -2.14. The van der Waals surface area contributed by atoms with Crippen molar-refractivity contribution in [3.63, 3.8) is 0 Å². The number of carbonyl (C=O) groups excluding carboxylic acids is 1. The third kappa shape index (κ3) is 5.78. The maximum absolute atomic E-state index is 13.0. The van der Waals surface area contributed by atoms with Crippen molar-refractivity contribution >= 4 is 34.8 Å². The third-order valence-corrected chi connectivity index (χ3v) is 5.07.